The van der Waals surface area contributed by atoms with Gasteiger partial charge in [-0.2, -0.15) is 0 Å². The molecule has 0 saturated carbocycles. The Balaban J connectivity index is 0.978. The smallest absolute Gasteiger partial charge is 0.164 e. The molecule has 0 amide bonds. The number of hydrogen-bond acceptors (Lipinski definition) is 4. The van der Waals surface area contributed by atoms with Crippen molar-refractivity contribution in [1.82, 2.24) is 15.0 Å². The summed E-state index contributed by atoms with van der Waals surface area (Å²) in [4.78, 5) is 15.6. The van der Waals surface area contributed by atoms with Crippen molar-refractivity contribution in [3.63, 3.8) is 0 Å². The van der Waals surface area contributed by atoms with Crippen molar-refractivity contribution >= 4 is 21.9 Å². The number of rotatable bonds is 7. The van der Waals surface area contributed by atoms with E-state index < -0.39 is 0 Å². The van der Waals surface area contributed by atoms with Gasteiger partial charge in [-0.15, -0.1) is 0 Å². The molecule has 0 N–H and O–H groups in total. The number of fused-ring (bicyclic) bond motifs is 6. The Kier molecular flexibility index (Phi) is 8.80. The molecule has 1 aliphatic carbocycles. The molecule has 0 bridgehead atoms. The van der Waals surface area contributed by atoms with Crippen LogP contribution in [0.15, 0.2) is 217 Å². The van der Waals surface area contributed by atoms with Crippen molar-refractivity contribution in [2.45, 2.75) is 19.3 Å². The Morgan fingerprint density at radius 1 is 0.328 bits per heavy atom. The van der Waals surface area contributed by atoms with E-state index in [-0.39, 0.29) is 5.41 Å². The minimum atomic E-state index is -0.116. The lowest BCUT2D eigenvalue weighted by Crippen LogP contribution is -2.16. The van der Waals surface area contributed by atoms with Crippen molar-refractivity contribution in [2.75, 3.05) is 0 Å². The van der Waals surface area contributed by atoms with E-state index in [9.17, 15) is 0 Å². The molecule has 302 valence electrons. The first-order valence-electron chi connectivity index (χ1n) is 21.8. The molecule has 64 heavy (non-hydrogen) atoms. The van der Waals surface area contributed by atoms with Crippen LogP contribution >= 0.6 is 0 Å². The van der Waals surface area contributed by atoms with Crippen molar-refractivity contribution in [3.05, 3.63) is 223 Å². The minimum absolute atomic E-state index is 0.116. The van der Waals surface area contributed by atoms with Crippen LogP contribution < -0.4 is 0 Å². The molecule has 4 nitrogen and oxygen atoms in total. The van der Waals surface area contributed by atoms with Crippen LogP contribution in [0.2, 0.25) is 0 Å². The van der Waals surface area contributed by atoms with Crippen LogP contribution in [-0.4, -0.2) is 15.0 Å². The fourth-order valence-corrected chi connectivity index (χ4v) is 9.79. The fourth-order valence-electron chi connectivity index (χ4n) is 9.79. The second kappa shape index (κ2) is 15.0. The monoisotopic (exact) mass is 819 g/mol. The lowest BCUT2D eigenvalue weighted by molar-refractivity contribution is 0.662. The largest absolute Gasteiger partial charge is 0.456 e. The van der Waals surface area contributed by atoms with Crippen LogP contribution in [0.4, 0.5) is 0 Å². The molecule has 0 unspecified atom stereocenters. The average Bonchev–Trinajstić information content (AvgIpc) is 3.86. The molecular formula is C60H41N3O. The maximum atomic E-state index is 6.57. The Bertz CT molecular complexity index is 3450. The van der Waals surface area contributed by atoms with E-state index in [2.05, 4.69) is 202 Å². The van der Waals surface area contributed by atoms with Crippen LogP contribution in [0.1, 0.15) is 25.0 Å². The van der Waals surface area contributed by atoms with E-state index >= 15 is 0 Å². The number of furan rings is 1. The first kappa shape index (κ1) is 37.5. The Morgan fingerprint density at radius 3 is 1.48 bits per heavy atom. The summed E-state index contributed by atoms with van der Waals surface area (Å²) in [6.45, 7) is 4.70. The van der Waals surface area contributed by atoms with Crippen molar-refractivity contribution in [1.29, 1.82) is 0 Å². The highest BCUT2D eigenvalue weighted by atomic mass is 16.3. The highest BCUT2D eigenvalue weighted by Crippen LogP contribution is 2.52. The third-order valence-corrected chi connectivity index (χ3v) is 13.0. The van der Waals surface area contributed by atoms with Gasteiger partial charge in [0.15, 0.2) is 17.5 Å². The van der Waals surface area contributed by atoms with Gasteiger partial charge in [0, 0.05) is 32.9 Å². The molecule has 0 spiro atoms. The normalized spacial score (nSPS) is 12.7. The summed E-state index contributed by atoms with van der Waals surface area (Å²) in [5.41, 5.74) is 18.9. The van der Waals surface area contributed by atoms with Gasteiger partial charge in [-0.25, -0.2) is 15.0 Å². The molecule has 0 radical (unpaired) electrons. The van der Waals surface area contributed by atoms with Gasteiger partial charge in [0.25, 0.3) is 0 Å². The summed E-state index contributed by atoms with van der Waals surface area (Å²) in [5, 5.41) is 1.98. The SMILES string of the molecule is CC1(C)c2ccccc2-c2cccc(-c3cccc(-c4ccc5oc6cccc(-c7nc(-c8ccc(-c9ccccc9)cc8)nc(-c8ccc(-c9ccccc9)cc8)n7)c6c5c4)c3)c21. The van der Waals surface area contributed by atoms with Gasteiger partial charge in [-0.05, 0) is 91.0 Å². The molecule has 4 heteroatoms. The van der Waals surface area contributed by atoms with E-state index in [1.165, 1.54) is 33.4 Å². The van der Waals surface area contributed by atoms with E-state index in [0.29, 0.717) is 17.5 Å². The molecule has 11 aromatic rings. The van der Waals surface area contributed by atoms with E-state index in [0.717, 1.165) is 72.0 Å². The van der Waals surface area contributed by atoms with Gasteiger partial charge in [0.05, 0.1) is 0 Å². The summed E-state index contributed by atoms with van der Waals surface area (Å²) in [7, 11) is 0. The Labute approximate surface area is 372 Å². The zero-order chi connectivity index (χ0) is 42.8. The Hall–Kier alpha value is -8.21. The first-order valence-corrected chi connectivity index (χ1v) is 21.8. The third kappa shape index (κ3) is 6.34. The van der Waals surface area contributed by atoms with Crippen LogP contribution in [0.3, 0.4) is 0 Å². The van der Waals surface area contributed by atoms with Gasteiger partial charge >= 0.3 is 0 Å². The average molecular weight is 820 g/mol. The zero-order valence-electron chi connectivity index (χ0n) is 35.5. The molecule has 0 fully saturated rings. The lowest BCUT2D eigenvalue weighted by Gasteiger charge is -2.24. The molecule has 9 aromatic carbocycles. The Morgan fingerprint density at radius 2 is 0.797 bits per heavy atom. The minimum Gasteiger partial charge on any atom is -0.456 e. The molecule has 0 aliphatic heterocycles. The van der Waals surface area contributed by atoms with Crippen LogP contribution in [0.5, 0.6) is 0 Å². The zero-order valence-corrected chi connectivity index (χ0v) is 35.5. The summed E-state index contributed by atoms with van der Waals surface area (Å²) >= 11 is 0. The quantitative estimate of drug-likeness (QED) is 0.161. The summed E-state index contributed by atoms with van der Waals surface area (Å²) in [5.74, 6) is 1.79. The number of benzene rings is 9. The molecule has 1 aliphatic rings. The first-order chi connectivity index (χ1) is 31.5. The van der Waals surface area contributed by atoms with Crippen LogP contribution in [0.25, 0.3) is 112 Å². The second-order valence-corrected chi connectivity index (χ2v) is 17.2. The van der Waals surface area contributed by atoms with E-state index in [4.69, 9.17) is 19.4 Å². The molecule has 0 saturated heterocycles. The predicted molar refractivity (Wildman–Crippen MR) is 263 cm³/mol. The van der Waals surface area contributed by atoms with Gasteiger partial charge in [-0.3, -0.25) is 0 Å². The van der Waals surface area contributed by atoms with E-state index in [1.807, 2.05) is 24.3 Å². The molecule has 12 rings (SSSR count). The van der Waals surface area contributed by atoms with Crippen molar-refractivity contribution in [2.24, 2.45) is 0 Å². The molecule has 2 heterocycles. The lowest BCUT2D eigenvalue weighted by atomic mass is 9.78. The number of aromatic nitrogens is 3. The third-order valence-electron chi connectivity index (χ3n) is 13.0. The van der Waals surface area contributed by atoms with Gasteiger partial charge < -0.3 is 4.42 Å². The fraction of sp³-hybridized carbons (Fsp3) is 0.0500. The van der Waals surface area contributed by atoms with Gasteiger partial charge in [-0.1, -0.05) is 202 Å². The topological polar surface area (TPSA) is 51.8 Å². The highest BCUT2D eigenvalue weighted by Gasteiger charge is 2.37. The second-order valence-electron chi connectivity index (χ2n) is 17.2. The maximum Gasteiger partial charge on any atom is 0.164 e. The van der Waals surface area contributed by atoms with Crippen molar-refractivity contribution in [3.8, 4) is 89.8 Å². The van der Waals surface area contributed by atoms with E-state index in [1.54, 1.807) is 0 Å². The number of hydrogen-bond donors (Lipinski definition) is 0. The van der Waals surface area contributed by atoms with Crippen molar-refractivity contribution < 1.29 is 4.42 Å². The van der Waals surface area contributed by atoms with Gasteiger partial charge in [0.2, 0.25) is 0 Å². The predicted octanol–water partition coefficient (Wildman–Crippen LogP) is 15.7. The molecule has 2 aromatic heterocycles. The standard InChI is InChI=1S/C60H41N3O/c1-60(2)52-24-10-9-20-48(52)49-22-12-21-47(56(49)60)46-19-11-18-44(36-46)45-34-35-53-51(37-45)55-50(23-13-25-54(55)64-53)59-62-57(42-30-26-40(27-31-42)38-14-5-3-6-15-38)61-58(63-59)43-32-28-41(29-33-43)39-16-7-4-8-17-39/h3-37H,1-2H3. The van der Waals surface area contributed by atoms with Crippen LogP contribution in [-0.2, 0) is 5.41 Å². The molecule has 0 atom stereocenters. The van der Waals surface area contributed by atoms with Crippen LogP contribution in [0, 0.1) is 0 Å². The van der Waals surface area contributed by atoms with Gasteiger partial charge in [0.1, 0.15) is 11.2 Å². The summed E-state index contributed by atoms with van der Waals surface area (Å²) in [6.07, 6.45) is 0. The highest BCUT2D eigenvalue weighted by molar-refractivity contribution is 6.13. The summed E-state index contributed by atoms with van der Waals surface area (Å²) in [6, 6.07) is 74.9. The summed E-state index contributed by atoms with van der Waals surface area (Å²) < 4.78 is 6.57. The molecular weight excluding hydrogens is 779 g/mol. The number of nitrogens with zero attached hydrogens (tertiary/aromatic N) is 3. The maximum absolute atomic E-state index is 6.57.